The highest BCUT2D eigenvalue weighted by Gasteiger charge is 2.33. The van der Waals surface area contributed by atoms with Crippen LogP contribution in [-0.4, -0.2) is 42.8 Å². The molecule has 1 unspecified atom stereocenters. The van der Waals surface area contributed by atoms with Crippen LogP contribution in [0, 0.1) is 13.8 Å². The van der Waals surface area contributed by atoms with Crippen LogP contribution < -0.4 is 20.9 Å². The number of rotatable bonds is 5. The number of nitrogens with one attached hydrogen (secondary N) is 3. The number of carbonyl (C=O) groups is 3. The average Bonchev–Trinajstić information content (AvgIpc) is 2.79. The standard InChI is InChI=1S/C23H27N5O3/c1-5-24-19(29)13-28-20-15(3)9-7-11-18(20)16(4)25-21(22(28)30)27-23(31)26-17-10-6-8-14(2)12-17/h6-12,21H,5,13H2,1-4H3,(H,24,29)(H2,26,27,31). The second kappa shape index (κ2) is 9.42. The molecule has 0 saturated carbocycles. The topological polar surface area (TPSA) is 103 Å². The lowest BCUT2D eigenvalue weighted by molar-refractivity contribution is -0.124. The molecular weight excluding hydrogens is 394 g/mol. The molecule has 4 amide bonds. The molecule has 1 aliphatic heterocycles. The van der Waals surface area contributed by atoms with Crippen molar-refractivity contribution in [3.63, 3.8) is 0 Å². The number of amides is 4. The number of benzene rings is 2. The van der Waals surface area contributed by atoms with Crippen molar-refractivity contribution in [2.75, 3.05) is 23.3 Å². The first-order chi connectivity index (χ1) is 14.8. The van der Waals surface area contributed by atoms with E-state index in [2.05, 4.69) is 20.9 Å². The zero-order chi connectivity index (χ0) is 22.5. The molecule has 3 N–H and O–H groups in total. The van der Waals surface area contributed by atoms with Crippen LogP contribution in [0.5, 0.6) is 0 Å². The number of carbonyl (C=O) groups excluding carboxylic acids is 3. The van der Waals surface area contributed by atoms with E-state index in [-0.39, 0.29) is 12.5 Å². The van der Waals surface area contributed by atoms with Crippen molar-refractivity contribution in [1.82, 2.24) is 10.6 Å². The number of aliphatic imine (C=N–C) groups is 1. The minimum Gasteiger partial charge on any atom is -0.355 e. The minimum absolute atomic E-state index is 0.162. The lowest BCUT2D eigenvalue weighted by Crippen LogP contribution is -2.51. The predicted molar refractivity (Wildman–Crippen MR) is 122 cm³/mol. The molecule has 0 aliphatic carbocycles. The van der Waals surface area contributed by atoms with E-state index >= 15 is 0 Å². The number of aryl methyl sites for hydroxylation is 2. The van der Waals surface area contributed by atoms with Gasteiger partial charge in [0.05, 0.1) is 5.69 Å². The number of benzodiazepines with no additional fused rings is 1. The number of urea groups is 1. The van der Waals surface area contributed by atoms with Crippen LogP contribution in [0.1, 0.15) is 30.5 Å². The molecule has 0 spiro atoms. The maximum absolute atomic E-state index is 13.4. The van der Waals surface area contributed by atoms with Gasteiger partial charge >= 0.3 is 6.03 Å². The van der Waals surface area contributed by atoms with Crippen LogP contribution in [0.15, 0.2) is 47.5 Å². The molecule has 0 radical (unpaired) electrons. The molecule has 0 bridgehead atoms. The summed E-state index contributed by atoms with van der Waals surface area (Å²) in [6, 6.07) is 12.4. The Hall–Kier alpha value is -3.68. The maximum Gasteiger partial charge on any atom is 0.321 e. The average molecular weight is 422 g/mol. The molecule has 1 aliphatic rings. The first-order valence-corrected chi connectivity index (χ1v) is 10.2. The molecule has 0 aromatic heterocycles. The predicted octanol–water partition coefficient (Wildman–Crippen LogP) is 2.74. The summed E-state index contributed by atoms with van der Waals surface area (Å²) in [5.41, 5.74) is 4.43. The third-order valence-corrected chi connectivity index (χ3v) is 4.94. The third kappa shape index (κ3) is 5.09. The first-order valence-electron chi connectivity index (χ1n) is 10.2. The van der Waals surface area contributed by atoms with Crippen molar-refractivity contribution in [3.05, 3.63) is 59.2 Å². The van der Waals surface area contributed by atoms with E-state index < -0.39 is 18.1 Å². The molecule has 1 heterocycles. The van der Waals surface area contributed by atoms with Crippen molar-refractivity contribution in [2.45, 2.75) is 33.9 Å². The third-order valence-electron chi connectivity index (χ3n) is 4.94. The molecule has 162 valence electrons. The molecular formula is C23H27N5O3. The fourth-order valence-electron chi connectivity index (χ4n) is 3.55. The SMILES string of the molecule is CCNC(=O)CN1C(=O)C(NC(=O)Nc2cccc(C)c2)N=C(C)c2cccc(C)c21. The number of para-hydroxylation sites is 1. The Morgan fingerprint density at radius 3 is 2.55 bits per heavy atom. The number of anilines is 2. The largest absolute Gasteiger partial charge is 0.355 e. The molecule has 1 atom stereocenters. The molecule has 8 nitrogen and oxygen atoms in total. The van der Waals surface area contributed by atoms with Crippen LogP contribution in [-0.2, 0) is 9.59 Å². The fourth-order valence-corrected chi connectivity index (χ4v) is 3.55. The van der Waals surface area contributed by atoms with E-state index in [1.807, 2.05) is 57.2 Å². The van der Waals surface area contributed by atoms with Crippen molar-refractivity contribution in [2.24, 2.45) is 4.99 Å². The van der Waals surface area contributed by atoms with Gasteiger partial charge in [-0.3, -0.25) is 19.5 Å². The van der Waals surface area contributed by atoms with Crippen LogP contribution in [0.25, 0.3) is 0 Å². The van der Waals surface area contributed by atoms with Crippen LogP contribution in [0.4, 0.5) is 16.2 Å². The van der Waals surface area contributed by atoms with Gasteiger partial charge in [0.15, 0.2) is 0 Å². The highest BCUT2D eigenvalue weighted by molar-refractivity contribution is 6.14. The highest BCUT2D eigenvalue weighted by atomic mass is 16.2. The van der Waals surface area contributed by atoms with Gasteiger partial charge in [0.2, 0.25) is 12.1 Å². The molecule has 0 saturated heterocycles. The second-order valence-electron chi connectivity index (χ2n) is 7.43. The van der Waals surface area contributed by atoms with E-state index in [0.717, 1.165) is 16.7 Å². The van der Waals surface area contributed by atoms with Gasteiger partial charge < -0.3 is 16.0 Å². The lowest BCUT2D eigenvalue weighted by Gasteiger charge is -2.26. The number of hydrogen-bond acceptors (Lipinski definition) is 4. The van der Waals surface area contributed by atoms with E-state index in [9.17, 15) is 14.4 Å². The minimum atomic E-state index is -1.16. The Kier molecular flexibility index (Phi) is 6.69. The van der Waals surface area contributed by atoms with Crippen molar-refractivity contribution >= 4 is 34.9 Å². The molecule has 0 fully saturated rings. The fraction of sp³-hybridized carbons (Fsp3) is 0.304. The summed E-state index contributed by atoms with van der Waals surface area (Å²) in [5.74, 6) is -0.759. The summed E-state index contributed by atoms with van der Waals surface area (Å²) >= 11 is 0. The van der Waals surface area contributed by atoms with Crippen LogP contribution >= 0.6 is 0 Å². The number of hydrogen-bond donors (Lipinski definition) is 3. The number of nitrogens with zero attached hydrogens (tertiary/aromatic N) is 2. The van der Waals surface area contributed by atoms with Gasteiger partial charge in [-0.25, -0.2) is 4.79 Å². The van der Waals surface area contributed by atoms with Gasteiger partial charge in [-0.15, -0.1) is 0 Å². The first kappa shape index (κ1) is 22.0. The van der Waals surface area contributed by atoms with Crippen molar-refractivity contribution in [1.29, 1.82) is 0 Å². The second-order valence-corrected chi connectivity index (χ2v) is 7.43. The monoisotopic (exact) mass is 421 g/mol. The highest BCUT2D eigenvalue weighted by Crippen LogP contribution is 2.29. The van der Waals surface area contributed by atoms with Gasteiger partial charge in [-0.05, 0) is 51.0 Å². The zero-order valence-electron chi connectivity index (χ0n) is 18.2. The normalized spacial score (nSPS) is 15.5. The van der Waals surface area contributed by atoms with Gasteiger partial charge in [-0.2, -0.15) is 0 Å². The summed E-state index contributed by atoms with van der Waals surface area (Å²) in [4.78, 5) is 44.2. The van der Waals surface area contributed by atoms with E-state index in [1.54, 1.807) is 13.0 Å². The van der Waals surface area contributed by atoms with Crippen LogP contribution in [0.2, 0.25) is 0 Å². The Bertz CT molecular complexity index is 1050. The smallest absolute Gasteiger partial charge is 0.321 e. The summed E-state index contributed by atoms with van der Waals surface area (Å²) in [6.45, 7) is 7.69. The molecule has 2 aromatic rings. The van der Waals surface area contributed by atoms with E-state index in [4.69, 9.17) is 0 Å². The molecule has 2 aromatic carbocycles. The lowest BCUT2D eigenvalue weighted by atomic mass is 10.0. The quantitative estimate of drug-likeness (QED) is 0.692. The summed E-state index contributed by atoms with van der Waals surface area (Å²) < 4.78 is 0. The molecule has 31 heavy (non-hydrogen) atoms. The number of fused-ring (bicyclic) bond motifs is 1. The Balaban J connectivity index is 1.90. The van der Waals surface area contributed by atoms with Gasteiger partial charge in [0, 0.05) is 23.5 Å². The van der Waals surface area contributed by atoms with Gasteiger partial charge in [-0.1, -0.05) is 30.3 Å². The summed E-state index contributed by atoms with van der Waals surface area (Å²) in [5, 5.41) is 8.08. The van der Waals surface area contributed by atoms with Gasteiger partial charge in [0.25, 0.3) is 5.91 Å². The molecule has 8 heteroatoms. The van der Waals surface area contributed by atoms with E-state index in [1.165, 1.54) is 4.90 Å². The van der Waals surface area contributed by atoms with E-state index in [0.29, 0.717) is 23.6 Å². The van der Waals surface area contributed by atoms with Gasteiger partial charge in [0.1, 0.15) is 6.54 Å². The Morgan fingerprint density at radius 1 is 1.10 bits per heavy atom. The summed E-state index contributed by atoms with van der Waals surface area (Å²) in [6.07, 6.45) is -1.16. The maximum atomic E-state index is 13.4. The van der Waals surface area contributed by atoms with Crippen molar-refractivity contribution < 1.29 is 14.4 Å². The Labute approximate surface area is 181 Å². The summed E-state index contributed by atoms with van der Waals surface area (Å²) in [7, 11) is 0. The van der Waals surface area contributed by atoms with Crippen LogP contribution in [0.3, 0.4) is 0 Å². The van der Waals surface area contributed by atoms with Crippen molar-refractivity contribution in [3.8, 4) is 0 Å². The molecule has 3 rings (SSSR count). The Morgan fingerprint density at radius 2 is 1.84 bits per heavy atom. The number of likely N-dealkylation sites (N-methyl/N-ethyl adjacent to an activating group) is 1. The zero-order valence-corrected chi connectivity index (χ0v) is 18.2.